The van der Waals surface area contributed by atoms with Crippen LogP contribution in [0.25, 0.3) is 0 Å². The minimum atomic E-state index is -1.49. The fraction of sp³-hybridized carbons (Fsp3) is 0.722. The average Bonchev–Trinajstić information content (AvgIpc) is 3.14. The number of thiol groups is 1. The summed E-state index contributed by atoms with van der Waals surface area (Å²) in [4.78, 5) is 61.4. The van der Waals surface area contributed by atoms with Crippen LogP contribution in [0, 0.1) is 5.92 Å². The Hall–Kier alpha value is -2.34. The topological polar surface area (TPSA) is 179 Å². The first kappa shape index (κ1) is 25.7. The van der Waals surface area contributed by atoms with Gasteiger partial charge in [0, 0.05) is 12.3 Å². The molecule has 4 unspecified atom stereocenters. The number of hydrogen-bond donors (Lipinski definition) is 6. The Balaban J connectivity index is 2.91. The van der Waals surface area contributed by atoms with Crippen LogP contribution < -0.4 is 16.4 Å². The van der Waals surface area contributed by atoms with E-state index in [-0.39, 0.29) is 18.1 Å². The lowest BCUT2D eigenvalue weighted by Gasteiger charge is -2.28. The van der Waals surface area contributed by atoms with E-state index in [0.717, 1.165) is 0 Å². The average molecular weight is 447 g/mol. The molecule has 1 saturated heterocycles. The second-order valence-electron chi connectivity index (χ2n) is 7.67. The highest BCUT2D eigenvalue weighted by Gasteiger charge is 2.38. The van der Waals surface area contributed by atoms with Crippen molar-refractivity contribution in [1.82, 2.24) is 15.5 Å². The van der Waals surface area contributed by atoms with Gasteiger partial charge in [-0.15, -0.1) is 0 Å². The summed E-state index contributed by atoms with van der Waals surface area (Å²) in [6.45, 7) is 3.86. The third-order valence-electron chi connectivity index (χ3n) is 4.69. The van der Waals surface area contributed by atoms with Gasteiger partial charge >= 0.3 is 11.9 Å². The summed E-state index contributed by atoms with van der Waals surface area (Å²) in [7, 11) is 0. The lowest BCUT2D eigenvalue weighted by Crippen LogP contribution is -2.57. The van der Waals surface area contributed by atoms with Gasteiger partial charge in [0.15, 0.2) is 0 Å². The SMILES string of the molecule is CC(C)CC(NC(=O)C(CC(=O)O)NC(=O)C1CCCN1C(=O)C(N)CS)C(=O)O. The zero-order chi connectivity index (χ0) is 23.0. The maximum atomic E-state index is 12.7. The molecule has 0 spiro atoms. The van der Waals surface area contributed by atoms with E-state index >= 15 is 0 Å². The van der Waals surface area contributed by atoms with E-state index in [4.69, 9.17) is 10.8 Å². The van der Waals surface area contributed by atoms with Crippen molar-refractivity contribution in [3.8, 4) is 0 Å². The van der Waals surface area contributed by atoms with Crippen molar-refractivity contribution in [3.63, 3.8) is 0 Å². The summed E-state index contributed by atoms with van der Waals surface area (Å²) in [6, 6.07) is -4.48. The van der Waals surface area contributed by atoms with E-state index in [1.54, 1.807) is 13.8 Å². The lowest BCUT2D eigenvalue weighted by molar-refractivity contribution is -0.145. The minimum absolute atomic E-state index is 0.0342. The summed E-state index contributed by atoms with van der Waals surface area (Å²) < 4.78 is 0. The molecule has 1 aliphatic rings. The third kappa shape index (κ3) is 7.48. The van der Waals surface area contributed by atoms with Gasteiger partial charge in [-0.3, -0.25) is 19.2 Å². The molecule has 0 aromatic heterocycles. The zero-order valence-corrected chi connectivity index (χ0v) is 17.9. The molecule has 1 aliphatic heterocycles. The van der Waals surface area contributed by atoms with Crippen molar-refractivity contribution in [3.05, 3.63) is 0 Å². The van der Waals surface area contributed by atoms with Gasteiger partial charge in [-0.2, -0.15) is 12.6 Å². The summed E-state index contributed by atoms with van der Waals surface area (Å²) in [5, 5.41) is 23.0. The van der Waals surface area contributed by atoms with E-state index in [1.165, 1.54) is 4.90 Å². The smallest absolute Gasteiger partial charge is 0.326 e. The first-order chi connectivity index (χ1) is 14.0. The number of amides is 3. The number of aliphatic carboxylic acids is 2. The Morgan fingerprint density at radius 1 is 1.13 bits per heavy atom. The molecule has 3 amide bonds. The number of hydrogen-bond acceptors (Lipinski definition) is 7. The molecule has 170 valence electrons. The molecule has 0 aromatic carbocycles. The monoisotopic (exact) mass is 446 g/mol. The largest absolute Gasteiger partial charge is 0.481 e. The second kappa shape index (κ2) is 11.7. The van der Waals surface area contributed by atoms with Crippen LogP contribution in [-0.2, 0) is 24.0 Å². The van der Waals surface area contributed by atoms with Crippen molar-refractivity contribution < 1.29 is 34.2 Å². The summed E-state index contributed by atoms with van der Waals surface area (Å²) in [6.07, 6.45) is 0.293. The van der Waals surface area contributed by atoms with Crippen molar-refractivity contribution in [1.29, 1.82) is 0 Å². The van der Waals surface area contributed by atoms with Crippen LogP contribution >= 0.6 is 12.6 Å². The van der Waals surface area contributed by atoms with E-state index < -0.39 is 60.2 Å². The Morgan fingerprint density at radius 2 is 1.77 bits per heavy atom. The third-order valence-corrected chi connectivity index (χ3v) is 5.08. The number of nitrogens with two attached hydrogens (primary N) is 1. The molecule has 0 bridgehead atoms. The van der Waals surface area contributed by atoms with Crippen molar-refractivity contribution in [2.24, 2.45) is 11.7 Å². The molecular weight excluding hydrogens is 416 g/mol. The number of rotatable bonds is 11. The highest BCUT2D eigenvalue weighted by atomic mass is 32.1. The van der Waals surface area contributed by atoms with Crippen LogP contribution in [-0.4, -0.2) is 81.2 Å². The summed E-state index contributed by atoms with van der Waals surface area (Å²) in [5.41, 5.74) is 5.70. The number of nitrogens with one attached hydrogen (secondary N) is 2. The van der Waals surface area contributed by atoms with Crippen LogP contribution in [0.2, 0.25) is 0 Å². The van der Waals surface area contributed by atoms with Crippen molar-refractivity contribution >= 4 is 42.3 Å². The van der Waals surface area contributed by atoms with Crippen LogP contribution in [0.15, 0.2) is 0 Å². The fourth-order valence-electron chi connectivity index (χ4n) is 3.21. The Bertz CT molecular complexity index is 673. The van der Waals surface area contributed by atoms with E-state index in [0.29, 0.717) is 19.4 Å². The molecule has 30 heavy (non-hydrogen) atoms. The summed E-state index contributed by atoms with van der Waals surface area (Å²) >= 11 is 3.98. The molecule has 12 heteroatoms. The van der Waals surface area contributed by atoms with E-state index in [1.807, 2.05) is 0 Å². The number of carbonyl (C=O) groups excluding carboxylic acids is 3. The normalized spacial score (nSPS) is 19.1. The van der Waals surface area contributed by atoms with Gasteiger partial charge in [0.05, 0.1) is 12.5 Å². The molecule has 1 rings (SSSR count). The Kier molecular flexibility index (Phi) is 10.1. The highest BCUT2D eigenvalue weighted by molar-refractivity contribution is 7.80. The molecule has 0 radical (unpaired) electrons. The number of likely N-dealkylation sites (tertiary alicyclic amines) is 1. The number of carboxylic acids is 2. The molecule has 6 N–H and O–H groups in total. The highest BCUT2D eigenvalue weighted by Crippen LogP contribution is 2.19. The molecule has 1 heterocycles. The van der Waals surface area contributed by atoms with Crippen molar-refractivity contribution in [2.75, 3.05) is 12.3 Å². The maximum Gasteiger partial charge on any atom is 0.326 e. The van der Waals surface area contributed by atoms with Gasteiger partial charge in [-0.25, -0.2) is 4.79 Å². The molecule has 11 nitrogen and oxygen atoms in total. The Labute approximate surface area is 180 Å². The van der Waals surface area contributed by atoms with Crippen LogP contribution in [0.1, 0.15) is 39.5 Å². The van der Waals surface area contributed by atoms with Gasteiger partial charge in [0.2, 0.25) is 17.7 Å². The first-order valence-electron chi connectivity index (χ1n) is 9.70. The van der Waals surface area contributed by atoms with Gasteiger partial charge in [-0.1, -0.05) is 13.8 Å². The standard InChI is InChI=1S/C18H30N4O7S/c1-9(2)6-12(18(28)29)21-15(25)11(7-14(23)24)20-16(26)13-4-3-5-22(13)17(27)10(19)8-30/h9-13,30H,3-8,19H2,1-2H3,(H,20,26)(H,21,25)(H,23,24)(H,28,29). The number of nitrogens with zero attached hydrogens (tertiary/aromatic N) is 1. The van der Waals surface area contributed by atoms with Gasteiger partial charge in [0.25, 0.3) is 0 Å². The van der Waals surface area contributed by atoms with Crippen molar-refractivity contribution in [2.45, 2.75) is 63.7 Å². The zero-order valence-electron chi connectivity index (χ0n) is 17.0. The molecular formula is C18H30N4O7S. The maximum absolute atomic E-state index is 12.7. The molecule has 4 atom stereocenters. The lowest BCUT2D eigenvalue weighted by atomic mass is 10.0. The van der Waals surface area contributed by atoms with E-state index in [9.17, 15) is 29.1 Å². The molecule has 1 fully saturated rings. The van der Waals surface area contributed by atoms with Gasteiger partial charge in [-0.05, 0) is 25.2 Å². The first-order valence-corrected chi connectivity index (χ1v) is 10.3. The van der Waals surface area contributed by atoms with Crippen LogP contribution in [0.5, 0.6) is 0 Å². The number of carboxylic acid groups (broad SMARTS) is 2. The van der Waals surface area contributed by atoms with Gasteiger partial charge in [0.1, 0.15) is 18.1 Å². The minimum Gasteiger partial charge on any atom is -0.481 e. The predicted molar refractivity (Wildman–Crippen MR) is 110 cm³/mol. The van der Waals surface area contributed by atoms with Crippen LogP contribution in [0.3, 0.4) is 0 Å². The molecule has 0 saturated carbocycles. The second-order valence-corrected chi connectivity index (χ2v) is 8.03. The number of carbonyl (C=O) groups is 5. The quantitative estimate of drug-likeness (QED) is 0.214. The summed E-state index contributed by atoms with van der Waals surface area (Å²) in [5.74, 6) is -4.60. The van der Waals surface area contributed by atoms with Crippen LogP contribution in [0.4, 0.5) is 0 Å². The Morgan fingerprint density at radius 3 is 2.27 bits per heavy atom. The molecule has 0 aliphatic carbocycles. The van der Waals surface area contributed by atoms with Gasteiger partial charge < -0.3 is 31.5 Å². The van der Waals surface area contributed by atoms with E-state index in [2.05, 4.69) is 23.3 Å². The molecule has 0 aromatic rings. The predicted octanol–water partition coefficient (Wildman–Crippen LogP) is -1.19. The fourth-order valence-corrected chi connectivity index (χ4v) is 3.37.